The summed E-state index contributed by atoms with van der Waals surface area (Å²) < 4.78 is 23.3. The van der Waals surface area contributed by atoms with Crippen molar-refractivity contribution < 1.29 is 9.13 Å². The van der Waals surface area contributed by atoms with Gasteiger partial charge in [-0.3, -0.25) is 4.57 Å². The lowest BCUT2D eigenvalue weighted by molar-refractivity contribution is 0.0708. The zero-order valence-electron chi connectivity index (χ0n) is 16.0. The summed E-state index contributed by atoms with van der Waals surface area (Å²) >= 11 is 0. The van der Waals surface area contributed by atoms with Crippen molar-refractivity contribution >= 4 is 22.2 Å². The number of nitrogens with one attached hydrogen (secondary N) is 1. The Kier molecular flexibility index (Phi) is 3.88. The van der Waals surface area contributed by atoms with E-state index < -0.39 is 0 Å². The van der Waals surface area contributed by atoms with Crippen LogP contribution in [0.2, 0.25) is 0 Å². The highest BCUT2D eigenvalue weighted by atomic mass is 19.1. The second kappa shape index (κ2) is 6.74. The summed E-state index contributed by atoms with van der Waals surface area (Å²) in [4.78, 5) is 21.7. The van der Waals surface area contributed by atoms with Gasteiger partial charge in [-0.15, -0.1) is 0 Å². The molecule has 150 valence electrons. The van der Waals surface area contributed by atoms with E-state index in [1.807, 2.05) is 18.3 Å². The Morgan fingerprint density at radius 1 is 1.07 bits per heavy atom. The number of fused-ring (bicyclic) bond motifs is 2. The zero-order valence-corrected chi connectivity index (χ0v) is 16.0. The maximum absolute atomic E-state index is 13.8. The van der Waals surface area contributed by atoms with Crippen molar-refractivity contribution in [2.24, 2.45) is 0 Å². The summed E-state index contributed by atoms with van der Waals surface area (Å²) in [6.45, 7) is 1.41. The number of hydrogen-bond acceptors (Lipinski definition) is 5. The van der Waals surface area contributed by atoms with Crippen LogP contribution in [0, 0.1) is 5.82 Å². The van der Waals surface area contributed by atoms with Crippen LogP contribution < -0.4 is 0 Å². The molecule has 1 aliphatic heterocycles. The Bertz CT molecular complexity index is 1350. The molecule has 0 saturated carbocycles. The molecule has 1 aromatic carbocycles. The average molecular weight is 403 g/mol. The summed E-state index contributed by atoms with van der Waals surface area (Å²) in [5, 5.41) is 0. The molecule has 5 heterocycles. The van der Waals surface area contributed by atoms with Crippen molar-refractivity contribution in [1.29, 1.82) is 0 Å². The predicted molar refractivity (Wildman–Crippen MR) is 109 cm³/mol. The summed E-state index contributed by atoms with van der Waals surface area (Å²) in [6.07, 6.45) is 6.99. The molecule has 6 rings (SSSR count). The first-order valence-corrected chi connectivity index (χ1v) is 9.87. The van der Waals surface area contributed by atoms with Crippen LogP contribution in [-0.2, 0) is 4.74 Å². The molecule has 1 N–H and O–H groups in total. The number of aromatic amines is 1. The Morgan fingerprint density at radius 2 is 1.97 bits per heavy atom. The first-order valence-electron chi connectivity index (χ1n) is 9.87. The van der Waals surface area contributed by atoms with E-state index in [0.717, 1.165) is 30.0 Å². The molecule has 8 nitrogen and oxygen atoms in total. The van der Waals surface area contributed by atoms with Crippen LogP contribution in [0.15, 0.2) is 49.1 Å². The number of rotatable bonds is 3. The smallest absolute Gasteiger partial charge is 0.237 e. The van der Waals surface area contributed by atoms with Crippen molar-refractivity contribution in [2.75, 3.05) is 13.2 Å². The normalized spacial score (nSPS) is 15.4. The molecule has 0 atom stereocenters. The van der Waals surface area contributed by atoms with Crippen LogP contribution in [0.25, 0.3) is 39.7 Å². The monoisotopic (exact) mass is 403 g/mol. The van der Waals surface area contributed by atoms with Crippen molar-refractivity contribution in [2.45, 2.75) is 18.9 Å². The molecular formula is C21H18FN7O. The van der Waals surface area contributed by atoms with E-state index in [0.29, 0.717) is 35.7 Å². The van der Waals surface area contributed by atoms with Gasteiger partial charge in [0, 0.05) is 31.5 Å². The molecule has 5 aromatic rings. The number of imidazole rings is 2. The Labute approximate surface area is 170 Å². The van der Waals surface area contributed by atoms with E-state index in [1.54, 1.807) is 23.2 Å². The minimum absolute atomic E-state index is 0.224. The van der Waals surface area contributed by atoms with Crippen LogP contribution in [0.5, 0.6) is 0 Å². The Balaban J connectivity index is 1.57. The lowest BCUT2D eigenvalue weighted by Crippen LogP contribution is -2.20. The SMILES string of the molecule is Fc1ccc2ncn(-c3ncc4nc(-c5ccc[nH]5)n(C5CCOCC5)c4n3)c2c1. The van der Waals surface area contributed by atoms with Crippen molar-refractivity contribution in [3.05, 3.63) is 54.9 Å². The van der Waals surface area contributed by atoms with E-state index in [9.17, 15) is 4.39 Å². The Hall–Kier alpha value is -3.59. The summed E-state index contributed by atoms with van der Waals surface area (Å²) in [7, 11) is 0. The number of ether oxygens (including phenoxy) is 1. The maximum atomic E-state index is 13.8. The van der Waals surface area contributed by atoms with Crippen LogP contribution in [0.3, 0.4) is 0 Å². The van der Waals surface area contributed by atoms with Gasteiger partial charge in [-0.25, -0.2) is 19.3 Å². The fraction of sp³-hybridized carbons (Fsp3) is 0.238. The van der Waals surface area contributed by atoms with Crippen LogP contribution in [0.1, 0.15) is 18.9 Å². The first-order chi connectivity index (χ1) is 14.8. The van der Waals surface area contributed by atoms with E-state index in [2.05, 4.69) is 19.5 Å². The molecule has 0 aliphatic carbocycles. The predicted octanol–water partition coefficient (Wildman–Crippen LogP) is 3.65. The van der Waals surface area contributed by atoms with Gasteiger partial charge >= 0.3 is 0 Å². The van der Waals surface area contributed by atoms with E-state index >= 15 is 0 Å². The molecule has 0 radical (unpaired) electrons. The van der Waals surface area contributed by atoms with Crippen LogP contribution in [-0.4, -0.2) is 47.3 Å². The summed E-state index contributed by atoms with van der Waals surface area (Å²) in [6, 6.07) is 8.66. The van der Waals surface area contributed by atoms with Crippen LogP contribution >= 0.6 is 0 Å². The van der Waals surface area contributed by atoms with Gasteiger partial charge in [0.25, 0.3) is 0 Å². The average Bonchev–Trinajstić information content (AvgIpc) is 3.51. The van der Waals surface area contributed by atoms with Gasteiger partial charge in [0.05, 0.1) is 22.9 Å². The molecule has 30 heavy (non-hydrogen) atoms. The molecule has 0 spiro atoms. The summed E-state index contributed by atoms with van der Waals surface area (Å²) in [5.41, 5.74) is 3.69. The van der Waals surface area contributed by atoms with E-state index in [1.165, 1.54) is 12.1 Å². The molecule has 0 amide bonds. The third kappa shape index (κ3) is 2.70. The molecular weight excluding hydrogens is 385 g/mol. The van der Waals surface area contributed by atoms with E-state index in [4.69, 9.17) is 14.7 Å². The number of nitrogens with zero attached hydrogens (tertiary/aromatic N) is 6. The quantitative estimate of drug-likeness (QED) is 0.497. The number of H-pyrrole nitrogens is 1. The van der Waals surface area contributed by atoms with Crippen molar-refractivity contribution in [3.8, 4) is 17.5 Å². The first kappa shape index (κ1) is 17.3. The van der Waals surface area contributed by atoms with Gasteiger partial charge in [0.2, 0.25) is 5.95 Å². The van der Waals surface area contributed by atoms with E-state index in [-0.39, 0.29) is 11.9 Å². The largest absolute Gasteiger partial charge is 0.381 e. The van der Waals surface area contributed by atoms with Gasteiger partial charge in [0.1, 0.15) is 17.7 Å². The highest BCUT2D eigenvalue weighted by molar-refractivity contribution is 5.79. The topological polar surface area (TPSA) is 86.4 Å². The summed E-state index contributed by atoms with van der Waals surface area (Å²) in [5.74, 6) is 0.934. The minimum Gasteiger partial charge on any atom is -0.381 e. The Morgan fingerprint density at radius 3 is 2.80 bits per heavy atom. The molecule has 0 bridgehead atoms. The standard InChI is InChI=1S/C21H18FN7O/c22-13-3-4-15-18(10-13)28(12-25-15)21-24-11-17-20(27-21)29(14-5-8-30-9-6-14)19(26-17)16-2-1-7-23-16/h1-4,7,10-12,14,23H,5-6,8-9H2. The molecule has 1 aliphatic rings. The van der Waals surface area contributed by atoms with Gasteiger partial charge in [0.15, 0.2) is 11.5 Å². The highest BCUT2D eigenvalue weighted by Crippen LogP contribution is 2.31. The van der Waals surface area contributed by atoms with Gasteiger partial charge in [-0.05, 0) is 37.1 Å². The molecule has 0 unspecified atom stereocenters. The second-order valence-corrected chi connectivity index (χ2v) is 7.36. The lowest BCUT2D eigenvalue weighted by Gasteiger charge is -2.25. The number of benzene rings is 1. The van der Waals surface area contributed by atoms with Crippen molar-refractivity contribution in [1.82, 2.24) is 34.1 Å². The zero-order chi connectivity index (χ0) is 20.1. The second-order valence-electron chi connectivity index (χ2n) is 7.36. The van der Waals surface area contributed by atoms with Crippen molar-refractivity contribution in [3.63, 3.8) is 0 Å². The van der Waals surface area contributed by atoms with Crippen LogP contribution in [0.4, 0.5) is 4.39 Å². The lowest BCUT2D eigenvalue weighted by atomic mass is 10.1. The van der Waals surface area contributed by atoms with Gasteiger partial charge in [-0.2, -0.15) is 4.98 Å². The number of hydrogen-bond donors (Lipinski definition) is 1. The molecule has 1 saturated heterocycles. The maximum Gasteiger partial charge on any atom is 0.237 e. The highest BCUT2D eigenvalue weighted by Gasteiger charge is 2.24. The van der Waals surface area contributed by atoms with Gasteiger partial charge in [-0.1, -0.05) is 0 Å². The molecule has 9 heteroatoms. The number of aromatic nitrogens is 7. The van der Waals surface area contributed by atoms with Gasteiger partial charge < -0.3 is 14.3 Å². The third-order valence-electron chi connectivity index (χ3n) is 5.54. The molecule has 4 aromatic heterocycles. The number of halogens is 1. The molecule has 1 fully saturated rings. The minimum atomic E-state index is -0.327. The fourth-order valence-corrected chi connectivity index (χ4v) is 4.09. The fourth-order valence-electron chi connectivity index (χ4n) is 4.09. The third-order valence-corrected chi connectivity index (χ3v) is 5.54.